The molecular weight excluding hydrogens is 466 g/mol. The molecule has 1 fully saturated rings. The maximum Gasteiger partial charge on any atom is 0.314 e. The van der Waals surface area contributed by atoms with Crippen molar-refractivity contribution in [1.29, 1.82) is 5.26 Å². The Labute approximate surface area is 232 Å². The molecule has 0 radical (unpaired) electrons. The van der Waals surface area contributed by atoms with Crippen molar-refractivity contribution < 1.29 is 9.53 Å². The SMILES string of the molecule is CCCCCCCCCCc1ccc(OC(=O)C2CCC(c3ccc(CCCCC)cc3)CC2)c(C#N)c1. The Morgan fingerprint density at radius 1 is 0.763 bits per heavy atom. The maximum atomic E-state index is 12.9. The predicted molar refractivity (Wildman–Crippen MR) is 157 cm³/mol. The zero-order chi connectivity index (χ0) is 27.0. The van der Waals surface area contributed by atoms with Crippen LogP contribution in [0.3, 0.4) is 0 Å². The number of rotatable bonds is 16. The summed E-state index contributed by atoms with van der Waals surface area (Å²) in [4.78, 5) is 12.9. The van der Waals surface area contributed by atoms with E-state index < -0.39 is 0 Å². The van der Waals surface area contributed by atoms with Crippen LogP contribution in [0.1, 0.15) is 138 Å². The summed E-state index contributed by atoms with van der Waals surface area (Å²) in [5, 5.41) is 9.68. The third-order valence-corrected chi connectivity index (χ3v) is 8.27. The molecule has 0 unspecified atom stereocenters. The molecule has 0 N–H and O–H groups in total. The van der Waals surface area contributed by atoms with E-state index in [1.165, 1.54) is 75.3 Å². The fraction of sp³-hybridized carbons (Fsp3) is 0.600. The second-order valence-electron chi connectivity index (χ2n) is 11.3. The molecule has 0 aromatic heterocycles. The van der Waals surface area contributed by atoms with Gasteiger partial charge < -0.3 is 4.74 Å². The van der Waals surface area contributed by atoms with Crippen LogP contribution in [0.4, 0.5) is 0 Å². The van der Waals surface area contributed by atoms with E-state index in [-0.39, 0.29) is 11.9 Å². The van der Waals surface area contributed by atoms with Crippen molar-refractivity contribution in [2.45, 2.75) is 129 Å². The standard InChI is InChI=1S/C35H49NO2/c1-3-5-7-8-9-10-11-13-15-29-18-25-34(33(26-29)27-36)38-35(37)32-23-21-31(22-24-32)30-19-16-28(17-20-30)14-12-6-4-2/h16-20,25-26,31-32H,3-15,21-24H2,1-2H3. The summed E-state index contributed by atoms with van der Waals surface area (Å²) in [6.45, 7) is 4.50. The van der Waals surface area contributed by atoms with Crippen LogP contribution < -0.4 is 4.74 Å². The third kappa shape index (κ3) is 9.94. The number of hydrogen-bond donors (Lipinski definition) is 0. The minimum Gasteiger partial charge on any atom is -0.425 e. The quantitative estimate of drug-likeness (QED) is 0.127. The summed E-state index contributed by atoms with van der Waals surface area (Å²) >= 11 is 0. The number of benzene rings is 2. The van der Waals surface area contributed by atoms with Crippen molar-refractivity contribution in [3.63, 3.8) is 0 Å². The second-order valence-corrected chi connectivity index (χ2v) is 11.3. The molecule has 0 atom stereocenters. The molecule has 0 heterocycles. The molecule has 0 spiro atoms. The summed E-state index contributed by atoms with van der Waals surface area (Å²) in [6, 6.07) is 17.2. The fourth-order valence-electron chi connectivity index (χ4n) is 5.76. The van der Waals surface area contributed by atoms with E-state index >= 15 is 0 Å². The van der Waals surface area contributed by atoms with Gasteiger partial charge in [-0.25, -0.2) is 0 Å². The average Bonchev–Trinajstić information content (AvgIpc) is 2.95. The van der Waals surface area contributed by atoms with Gasteiger partial charge in [-0.15, -0.1) is 0 Å². The number of unbranched alkanes of at least 4 members (excludes halogenated alkanes) is 9. The van der Waals surface area contributed by atoms with Gasteiger partial charge in [-0.05, 0) is 86.1 Å². The molecule has 2 aromatic carbocycles. The monoisotopic (exact) mass is 515 g/mol. The van der Waals surface area contributed by atoms with Gasteiger partial charge in [-0.3, -0.25) is 4.79 Å². The van der Waals surface area contributed by atoms with Crippen LogP contribution >= 0.6 is 0 Å². The Bertz CT molecular complexity index is 996. The fourth-order valence-corrected chi connectivity index (χ4v) is 5.76. The molecule has 1 aliphatic carbocycles. The molecule has 0 saturated heterocycles. The zero-order valence-electron chi connectivity index (χ0n) is 24.0. The molecule has 3 rings (SSSR count). The van der Waals surface area contributed by atoms with Gasteiger partial charge in [0.15, 0.2) is 0 Å². The topological polar surface area (TPSA) is 50.1 Å². The molecular formula is C35H49NO2. The van der Waals surface area contributed by atoms with Crippen LogP contribution in [0.5, 0.6) is 5.75 Å². The summed E-state index contributed by atoms with van der Waals surface area (Å²) in [6.07, 6.45) is 20.0. The largest absolute Gasteiger partial charge is 0.425 e. The van der Waals surface area contributed by atoms with Crippen LogP contribution in [-0.2, 0) is 17.6 Å². The molecule has 0 aliphatic heterocycles. The molecule has 1 aliphatic rings. The first-order valence-corrected chi connectivity index (χ1v) is 15.5. The van der Waals surface area contributed by atoms with E-state index in [9.17, 15) is 10.1 Å². The van der Waals surface area contributed by atoms with Crippen LogP contribution in [0, 0.1) is 17.2 Å². The molecule has 1 saturated carbocycles. The average molecular weight is 516 g/mol. The minimum atomic E-state index is -0.179. The van der Waals surface area contributed by atoms with Gasteiger partial charge in [0.1, 0.15) is 11.8 Å². The number of nitrogens with zero attached hydrogens (tertiary/aromatic N) is 1. The highest BCUT2D eigenvalue weighted by Gasteiger charge is 2.29. The molecule has 3 nitrogen and oxygen atoms in total. The Kier molecular flexibility index (Phi) is 13.5. The maximum absolute atomic E-state index is 12.9. The van der Waals surface area contributed by atoms with Crippen molar-refractivity contribution >= 4 is 5.97 Å². The Hall–Kier alpha value is -2.60. The number of hydrogen-bond acceptors (Lipinski definition) is 3. The normalized spacial score (nSPS) is 17.2. The molecule has 206 valence electrons. The van der Waals surface area contributed by atoms with Crippen LogP contribution in [-0.4, -0.2) is 5.97 Å². The highest BCUT2D eigenvalue weighted by molar-refractivity contribution is 5.76. The lowest BCUT2D eigenvalue weighted by molar-refractivity contribution is -0.140. The lowest BCUT2D eigenvalue weighted by atomic mass is 9.78. The van der Waals surface area contributed by atoms with Gasteiger partial charge in [-0.1, -0.05) is 102 Å². The first-order valence-electron chi connectivity index (χ1n) is 15.5. The number of carbonyl (C=O) groups is 1. The number of esters is 1. The van der Waals surface area contributed by atoms with Gasteiger partial charge in [0.05, 0.1) is 11.5 Å². The van der Waals surface area contributed by atoms with Gasteiger partial charge in [0, 0.05) is 0 Å². The van der Waals surface area contributed by atoms with Crippen LogP contribution in [0.15, 0.2) is 42.5 Å². The summed E-state index contributed by atoms with van der Waals surface area (Å²) < 4.78 is 5.76. The van der Waals surface area contributed by atoms with Crippen LogP contribution in [0.2, 0.25) is 0 Å². The van der Waals surface area contributed by atoms with Crippen molar-refractivity contribution in [2.24, 2.45) is 5.92 Å². The van der Waals surface area contributed by atoms with Crippen molar-refractivity contribution in [1.82, 2.24) is 0 Å². The molecule has 0 bridgehead atoms. The third-order valence-electron chi connectivity index (χ3n) is 8.27. The van der Waals surface area contributed by atoms with E-state index in [4.69, 9.17) is 4.74 Å². The lowest BCUT2D eigenvalue weighted by Gasteiger charge is -2.27. The Morgan fingerprint density at radius 2 is 1.32 bits per heavy atom. The number of nitriles is 1. The highest BCUT2D eigenvalue weighted by Crippen LogP contribution is 2.37. The van der Waals surface area contributed by atoms with E-state index in [0.29, 0.717) is 17.2 Å². The predicted octanol–water partition coefficient (Wildman–Crippen LogP) is 9.85. The molecule has 3 heteroatoms. The van der Waals surface area contributed by atoms with Gasteiger partial charge in [-0.2, -0.15) is 5.26 Å². The summed E-state index contributed by atoms with van der Waals surface area (Å²) in [5.74, 6) is 0.678. The van der Waals surface area contributed by atoms with E-state index in [0.717, 1.165) is 50.5 Å². The number of aryl methyl sites for hydroxylation is 2. The number of carbonyl (C=O) groups excluding carboxylic acids is 1. The highest BCUT2D eigenvalue weighted by atomic mass is 16.5. The van der Waals surface area contributed by atoms with Crippen molar-refractivity contribution in [3.8, 4) is 11.8 Å². The van der Waals surface area contributed by atoms with E-state index in [2.05, 4.69) is 44.2 Å². The Balaban J connectivity index is 1.41. The van der Waals surface area contributed by atoms with Crippen molar-refractivity contribution in [3.05, 3.63) is 64.7 Å². The molecule has 2 aromatic rings. The zero-order valence-corrected chi connectivity index (χ0v) is 24.0. The molecule has 38 heavy (non-hydrogen) atoms. The van der Waals surface area contributed by atoms with Gasteiger partial charge >= 0.3 is 5.97 Å². The van der Waals surface area contributed by atoms with Gasteiger partial charge in [0.2, 0.25) is 0 Å². The molecule has 0 amide bonds. The van der Waals surface area contributed by atoms with E-state index in [1.807, 2.05) is 18.2 Å². The Morgan fingerprint density at radius 3 is 1.97 bits per heavy atom. The van der Waals surface area contributed by atoms with E-state index in [1.54, 1.807) is 0 Å². The second kappa shape index (κ2) is 17.1. The van der Waals surface area contributed by atoms with Crippen molar-refractivity contribution in [2.75, 3.05) is 0 Å². The summed E-state index contributed by atoms with van der Waals surface area (Å²) in [5.41, 5.74) is 4.46. The minimum absolute atomic E-state index is 0.0805. The first-order chi connectivity index (χ1) is 18.6. The smallest absolute Gasteiger partial charge is 0.314 e. The number of ether oxygens (including phenoxy) is 1. The first kappa shape index (κ1) is 29.9. The summed E-state index contributed by atoms with van der Waals surface area (Å²) in [7, 11) is 0. The van der Waals surface area contributed by atoms with Gasteiger partial charge in [0.25, 0.3) is 0 Å². The lowest BCUT2D eigenvalue weighted by Crippen LogP contribution is -2.25. The van der Waals surface area contributed by atoms with Crippen LogP contribution in [0.25, 0.3) is 0 Å².